The van der Waals surface area contributed by atoms with Crippen molar-refractivity contribution in [2.75, 3.05) is 11.9 Å². The van der Waals surface area contributed by atoms with Crippen molar-refractivity contribution in [2.24, 2.45) is 0 Å². The molecule has 0 saturated heterocycles. The molecule has 2 rings (SSSR count). The summed E-state index contributed by atoms with van der Waals surface area (Å²) in [7, 11) is 0. The molecule has 0 radical (unpaired) electrons. The molecule has 0 bridgehead atoms. The lowest BCUT2D eigenvalue weighted by Gasteiger charge is -2.08. The topological polar surface area (TPSA) is 79.2 Å². The minimum atomic E-state index is -0.611. The van der Waals surface area contributed by atoms with Gasteiger partial charge in [-0.25, -0.2) is 4.79 Å². The molecule has 0 unspecified atom stereocenters. The molecule has 0 aliphatic rings. The number of nitriles is 1. The number of rotatable bonds is 6. The summed E-state index contributed by atoms with van der Waals surface area (Å²) in [5, 5.41) is 11.4. The Balaban J connectivity index is 1.79. The minimum absolute atomic E-state index is 0.359. The molecule has 0 aromatic heterocycles. The van der Waals surface area contributed by atoms with E-state index in [1.807, 2.05) is 30.3 Å². The van der Waals surface area contributed by atoms with Crippen LogP contribution in [0.25, 0.3) is 6.08 Å². The molecule has 132 valence electrons. The average molecular weight is 348 g/mol. The number of hydrogen-bond donors (Lipinski definition) is 1. The van der Waals surface area contributed by atoms with Crippen molar-refractivity contribution in [3.8, 4) is 6.07 Å². The predicted octanol–water partition coefficient (Wildman–Crippen LogP) is 3.88. The molecule has 2 aromatic rings. The third kappa shape index (κ3) is 5.91. The van der Waals surface area contributed by atoms with E-state index in [0.29, 0.717) is 17.2 Å². The van der Waals surface area contributed by atoms with Gasteiger partial charge in [-0.05, 0) is 47.4 Å². The number of esters is 1. The summed E-state index contributed by atoms with van der Waals surface area (Å²) in [6, 6.07) is 16.3. The van der Waals surface area contributed by atoms with Crippen LogP contribution in [-0.4, -0.2) is 18.5 Å². The molecule has 0 heterocycles. The molecule has 0 atom stereocenters. The smallest absolute Gasteiger partial charge is 0.331 e. The third-order valence-corrected chi connectivity index (χ3v) is 3.66. The number of benzene rings is 2. The highest BCUT2D eigenvalue weighted by atomic mass is 16.5. The zero-order valence-electron chi connectivity index (χ0n) is 14.7. The van der Waals surface area contributed by atoms with E-state index in [9.17, 15) is 9.59 Å². The van der Waals surface area contributed by atoms with Gasteiger partial charge in [-0.2, -0.15) is 5.26 Å². The first-order valence-electron chi connectivity index (χ1n) is 8.23. The fraction of sp³-hybridized carbons (Fsp3) is 0.190. The van der Waals surface area contributed by atoms with Gasteiger partial charge in [0.25, 0.3) is 5.91 Å². The van der Waals surface area contributed by atoms with Crippen molar-refractivity contribution in [3.63, 3.8) is 0 Å². The molecule has 2 aromatic carbocycles. The molecule has 5 heteroatoms. The molecule has 5 nitrogen and oxygen atoms in total. The normalized spacial score (nSPS) is 10.5. The second-order valence-electron chi connectivity index (χ2n) is 6.00. The Hall–Kier alpha value is -3.39. The number of nitrogens with zero attached hydrogens (tertiary/aromatic N) is 1. The van der Waals surface area contributed by atoms with Crippen LogP contribution in [0.2, 0.25) is 0 Å². The summed E-state index contributed by atoms with van der Waals surface area (Å²) in [6.07, 6.45) is 2.80. The maximum absolute atomic E-state index is 11.8. The number of carbonyl (C=O) groups is 2. The highest BCUT2D eigenvalue weighted by molar-refractivity contribution is 5.94. The van der Waals surface area contributed by atoms with Crippen LogP contribution in [0.15, 0.2) is 54.6 Å². The molecule has 1 amide bonds. The fourth-order valence-corrected chi connectivity index (χ4v) is 2.17. The van der Waals surface area contributed by atoms with E-state index in [0.717, 1.165) is 5.56 Å². The van der Waals surface area contributed by atoms with Crippen molar-refractivity contribution in [2.45, 2.75) is 19.8 Å². The maximum atomic E-state index is 11.8. The molecule has 0 aliphatic heterocycles. The number of ether oxygens (including phenoxy) is 1. The maximum Gasteiger partial charge on any atom is 0.331 e. The summed E-state index contributed by atoms with van der Waals surface area (Å²) in [5.74, 6) is -0.592. The molecule has 0 aliphatic carbocycles. The minimum Gasteiger partial charge on any atom is -0.452 e. The van der Waals surface area contributed by atoms with E-state index in [-0.39, 0.29) is 6.61 Å². The van der Waals surface area contributed by atoms with Crippen LogP contribution in [0.3, 0.4) is 0 Å². The lowest BCUT2D eigenvalue weighted by atomic mass is 10.0. The second-order valence-corrected chi connectivity index (χ2v) is 6.00. The lowest BCUT2D eigenvalue weighted by molar-refractivity contribution is -0.142. The lowest BCUT2D eigenvalue weighted by Crippen LogP contribution is -2.20. The number of nitrogens with one attached hydrogen (secondary N) is 1. The monoisotopic (exact) mass is 348 g/mol. The van der Waals surface area contributed by atoms with E-state index in [2.05, 4.69) is 19.2 Å². The van der Waals surface area contributed by atoms with Gasteiger partial charge in [0.2, 0.25) is 0 Å². The molecule has 0 spiro atoms. The molecule has 0 fully saturated rings. The summed E-state index contributed by atoms with van der Waals surface area (Å²) in [6.45, 7) is 3.83. The van der Waals surface area contributed by atoms with E-state index in [1.165, 1.54) is 11.6 Å². The van der Waals surface area contributed by atoms with Crippen molar-refractivity contribution < 1.29 is 14.3 Å². The summed E-state index contributed by atoms with van der Waals surface area (Å²) in [4.78, 5) is 23.5. The Morgan fingerprint density at radius 1 is 1.12 bits per heavy atom. The van der Waals surface area contributed by atoms with Gasteiger partial charge in [0, 0.05) is 11.8 Å². The van der Waals surface area contributed by atoms with Crippen molar-refractivity contribution >= 4 is 23.6 Å². The van der Waals surface area contributed by atoms with Gasteiger partial charge >= 0.3 is 5.97 Å². The highest BCUT2D eigenvalue weighted by Crippen LogP contribution is 2.17. The van der Waals surface area contributed by atoms with Crippen LogP contribution in [0.4, 0.5) is 5.69 Å². The van der Waals surface area contributed by atoms with Crippen LogP contribution in [-0.2, 0) is 14.3 Å². The summed E-state index contributed by atoms with van der Waals surface area (Å²) >= 11 is 0. The van der Waals surface area contributed by atoms with Gasteiger partial charge in [0.1, 0.15) is 0 Å². The zero-order valence-corrected chi connectivity index (χ0v) is 14.7. The Kier molecular flexibility index (Phi) is 6.69. The van der Waals surface area contributed by atoms with Gasteiger partial charge in [-0.1, -0.05) is 38.1 Å². The number of hydrogen-bond acceptors (Lipinski definition) is 4. The molecular formula is C21H20N2O3. The summed E-state index contributed by atoms with van der Waals surface area (Å²) in [5.41, 5.74) is 3.14. The Labute approximate surface area is 152 Å². The first-order valence-corrected chi connectivity index (χ1v) is 8.23. The van der Waals surface area contributed by atoms with Crippen molar-refractivity contribution in [3.05, 3.63) is 71.3 Å². The van der Waals surface area contributed by atoms with E-state index in [1.54, 1.807) is 30.3 Å². The zero-order chi connectivity index (χ0) is 18.9. The van der Waals surface area contributed by atoms with Crippen LogP contribution in [0.5, 0.6) is 0 Å². The average Bonchev–Trinajstić information content (AvgIpc) is 2.65. The third-order valence-electron chi connectivity index (χ3n) is 3.66. The summed E-state index contributed by atoms with van der Waals surface area (Å²) < 4.78 is 4.91. The van der Waals surface area contributed by atoms with Gasteiger partial charge in [0.05, 0.1) is 11.6 Å². The van der Waals surface area contributed by atoms with Gasteiger partial charge in [-0.3, -0.25) is 4.79 Å². The second kappa shape index (κ2) is 9.19. The number of amides is 1. The molecular weight excluding hydrogens is 328 g/mol. The number of anilines is 1. The van der Waals surface area contributed by atoms with Crippen molar-refractivity contribution in [1.29, 1.82) is 5.26 Å². The van der Waals surface area contributed by atoms with Crippen molar-refractivity contribution in [1.82, 2.24) is 0 Å². The SMILES string of the molecule is CC(C)c1ccc(NC(=O)COC(=O)/C=C/c2ccc(C#N)cc2)cc1. The van der Waals surface area contributed by atoms with Crippen LogP contribution in [0.1, 0.15) is 36.5 Å². The number of carbonyl (C=O) groups excluding carboxylic acids is 2. The van der Waals surface area contributed by atoms with E-state index >= 15 is 0 Å². The van der Waals surface area contributed by atoms with Gasteiger partial charge in [-0.15, -0.1) is 0 Å². The van der Waals surface area contributed by atoms with Crippen LogP contribution in [0, 0.1) is 11.3 Å². The molecule has 1 N–H and O–H groups in total. The largest absolute Gasteiger partial charge is 0.452 e. The molecule has 0 saturated carbocycles. The van der Waals surface area contributed by atoms with Gasteiger partial charge < -0.3 is 10.1 Å². The Morgan fingerprint density at radius 3 is 2.35 bits per heavy atom. The first kappa shape index (κ1) is 18.9. The van der Waals surface area contributed by atoms with E-state index < -0.39 is 11.9 Å². The first-order chi connectivity index (χ1) is 12.5. The van der Waals surface area contributed by atoms with Gasteiger partial charge in [0.15, 0.2) is 6.61 Å². The van der Waals surface area contributed by atoms with E-state index in [4.69, 9.17) is 10.00 Å². The Bertz CT molecular complexity index is 829. The highest BCUT2D eigenvalue weighted by Gasteiger charge is 2.06. The van der Waals surface area contributed by atoms with Crippen LogP contribution >= 0.6 is 0 Å². The quantitative estimate of drug-likeness (QED) is 0.635. The standard InChI is InChI=1S/C21H20N2O3/c1-15(2)18-8-10-19(11-9-18)23-20(24)14-26-21(25)12-7-16-3-5-17(13-22)6-4-16/h3-12,15H,14H2,1-2H3,(H,23,24)/b12-7+. The molecule has 26 heavy (non-hydrogen) atoms. The fourth-order valence-electron chi connectivity index (χ4n) is 2.17. The Morgan fingerprint density at radius 2 is 1.77 bits per heavy atom. The predicted molar refractivity (Wildman–Crippen MR) is 100 cm³/mol. The van der Waals surface area contributed by atoms with Crippen LogP contribution < -0.4 is 5.32 Å².